The number of nitrogens with one attached hydrogen (secondary N) is 1. The molecule has 0 aliphatic heterocycles. The van der Waals surface area contributed by atoms with Crippen LogP contribution in [0.3, 0.4) is 0 Å². The summed E-state index contributed by atoms with van der Waals surface area (Å²) in [6.45, 7) is 0. The zero-order valence-corrected chi connectivity index (χ0v) is 20.3. The lowest BCUT2D eigenvalue weighted by Crippen LogP contribution is -2.42. The number of hydrogen-bond donors (Lipinski definition) is 1. The van der Waals surface area contributed by atoms with Crippen molar-refractivity contribution in [2.24, 2.45) is 5.92 Å². The first-order valence-corrected chi connectivity index (χ1v) is 12.7. The van der Waals surface area contributed by atoms with E-state index < -0.39 is 55.2 Å². The summed E-state index contributed by atoms with van der Waals surface area (Å²) < 4.78 is 79.3. The molecule has 192 valence electrons. The summed E-state index contributed by atoms with van der Waals surface area (Å²) in [7, 11) is -1.77. The number of rotatable bonds is 7. The lowest BCUT2D eigenvalue weighted by atomic mass is 10.0. The Hall–Kier alpha value is -3.17. The smallest absolute Gasteiger partial charge is 0.417 e. The van der Waals surface area contributed by atoms with Crippen molar-refractivity contribution < 1.29 is 35.9 Å². The Morgan fingerprint density at radius 3 is 2.39 bits per heavy atom. The number of nitrogens with zero attached hydrogens (tertiary/aromatic N) is 2. The van der Waals surface area contributed by atoms with Gasteiger partial charge in [-0.15, -0.1) is 0 Å². The van der Waals surface area contributed by atoms with Gasteiger partial charge in [0.2, 0.25) is 11.8 Å². The van der Waals surface area contributed by atoms with Gasteiger partial charge in [-0.25, -0.2) is 13.4 Å². The molecule has 36 heavy (non-hydrogen) atoms. The number of halogens is 3. The highest BCUT2D eigenvalue weighted by atomic mass is 32.2. The number of carbonyl (C=O) groups excluding carboxylic acids is 1. The monoisotopic (exact) mass is 523 g/mol. The number of aromatic nitrogens is 1. The van der Waals surface area contributed by atoms with Crippen LogP contribution in [0.15, 0.2) is 41.4 Å². The van der Waals surface area contributed by atoms with Crippen molar-refractivity contribution in [3.63, 3.8) is 0 Å². The fourth-order valence-electron chi connectivity index (χ4n) is 4.49. The van der Waals surface area contributed by atoms with E-state index >= 15 is 0 Å². The highest BCUT2D eigenvalue weighted by Gasteiger charge is 2.51. The van der Waals surface area contributed by atoms with Gasteiger partial charge in [-0.05, 0) is 49.4 Å². The first kappa shape index (κ1) is 25.9. The molecule has 0 bridgehead atoms. The number of nitriles is 1. The van der Waals surface area contributed by atoms with E-state index in [9.17, 15) is 31.6 Å². The fourth-order valence-corrected chi connectivity index (χ4v) is 6.49. The van der Waals surface area contributed by atoms with Gasteiger partial charge >= 0.3 is 6.18 Å². The number of alkyl halides is 3. The van der Waals surface area contributed by atoms with E-state index in [1.54, 1.807) is 0 Å². The largest absolute Gasteiger partial charge is 0.481 e. The SMILES string of the molecule is COc1ccc(-c2ccc(S(=O)(=O)[C@H]3C[C@@H](OC)[C@H](C(=O)NC4(C#N)CC4)C3)c(C(F)(F)F)c2)cn1. The number of amides is 1. The molecule has 2 saturated carbocycles. The molecule has 1 heterocycles. The molecule has 4 rings (SSSR count). The molecule has 2 aromatic rings. The van der Waals surface area contributed by atoms with Crippen molar-refractivity contribution in [3.8, 4) is 23.1 Å². The minimum Gasteiger partial charge on any atom is -0.481 e. The molecule has 1 aromatic heterocycles. The number of methoxy groups -OCH3 is 2. The number of hydrogen-bond acceptors (Lipinski definition) is 7. The fraction of sp³-hybridized carbons (Fsp3) is 0.458. The highest BCUT2D eigenvalue weighted by molar-refractivity contribution is 7.92. The van der Waals surface area contributed by atoms with Gasteiger partial charge < -0.3 is 14.8 Å². The summed E-state index contributed by atoms with van der Waals surface area (Å²) in [5.74, 6) is -1.15. The number of carbonyl (C=O) groups is 1. The van der Waals surface area contributed by atoms with Crippen LogP contribution in [0.1, 0.15) is 31.2 Å². The first-order chi connectivity index (χ1) is 16.9. The first-order valence-electron chi connectivity index (χ1n) is 11.2. The quantitative estimate of drug-likeness (QED) is 0.590. The van der Waals surface area contributed by atoms with Crippen molar-refractivity contribution in [3.05, 3.63) is 42.1 Å². The minimum atomic E-state index is -4.94. The third-order valence-electron chi connectivity index (χ3n) is 6.74. The van der Waals surface area contributed by atoms with E-state index in [0.29, 0.717) is 18.4 Å². The van der Waals surface area contributed by atoms with Crippen LogP contribution >= 0.6 is 0 Å². The maximum absolute atomic E-state index is 14.0. The van der Waals surface area contributed by atoms with Crippen molar-refractivity contribution in [2.75, 3.05) is 14.2 Å². The Kier molecular flexibility index (Phi) is 6.74. The minimum absolute atomic E-state index is 0.140. The summed E-state index contributed by atoms with van der Waals surface area (Å²) in [6, 6.07) is 8.06. The van der Waals surface area contributed by atoms with Gasteiger partial charge in [-0.2, -0.15) is 18.4 Å². The third kappa shape index (κ3) is 4.90. The summed E-state index contributed by atoms with van der Waals surface area (Å²) in [4.78, 5) is 15.9. The van der Waals surface area contributed by atoms with Crippen molar-refractivity contribution in [1.29, 1.82) is 5.26 Å². The van der Waals surface area contributed by atoms with Crippen LogP contribution in [0.2, 0.25) is 0 Å². The average molecular weight is 524 g/mol. The van der Waals surface area contributed by atoms with Crippen LogP contribution in [0, 0.1) is 17.2 Å². The van der Waals surface area contributed by atoms with Gasteiger partial charge in [0, 0.05) is 24.9 Å². The molecule has 3 atom stereocenters. The number of benzene rings is 1. The zero-order chi connectivity index (χ0) is 26.3. The molecular formula is C24H24F3N3O5S. The lowest BCUT2D eigenvalue weighted by molar-refractivity contribution is -0.139. The molecule has 0 unspecified atom stereocenters. The molecule has 0 radical (unpaired) electrons. The van der Waals surface area contributed by atoms with Gasteiger partial charge in [0.1, 0.15) is 5.54 Å². The van der Waals surface area contributed by atoms with E-state index in [0.717, 1.165) is 12.1 Å². The summed E-state index contributed by atoms with van der Waals surface area (Å²) in [6.07, 6.45) is -3.79. The van der Waals surface area contributed by atoms with E-state index in [1.165, 1.54) is 38.6 Å². The van der Waals surface area contributed by atoms with Gasteiger partial charge in [0.25, 0.3) is 0 Å². The third-order valence-corrected chi connectivity index (χ3v) is 8.97. The molecule has 1 aromatic carbocycles. The van der Waals surface area contributed by atoms with Crippen LogP contribution in [-0.2, 0) is 25.5 Å². The van der Waals surface area contributed by atoms with Crippen LogP contribution in [-0.4, -0.2) is 50.4 Å². The van der Waals surface area contributed by atoms with E-state index in [-0.39, 0.29) is 24.3 Å². The van der Waals surface area contributed by atoms with E-state index in [2.05, 4.69) is 10.3 Å². The van der Waals surface area contributed by atoms with Crippen molar-refractivity contribution in [1.82, 2.24) is 10.3 Å². The van der Waals surface area contributed by atoms with Crippen molar-refractivity contribution in [2.45, 2.75) is 53.6 Å². The van der Waals surface area contributed by atoms with Crippen LogP contribution in [0.5, 0.6) is 5.88 Å². The molecule has 12 heteroatoms. The Bertz CT molecular complexity index is 1300. The Balaban J connectivity index is 1.65. The van der Waals surface area contributed by atoms with E-state index in [1.807, 2.05) is 6.07 Å². The van der Waals surface area contributed by atoms with Gasteiger partial charge in [0.15, 0.2) is 9.84 Å². The average Bonchev–Trinajstić information content (AvgIpc) is 3.48. The molecule has 1 N–H and O–H groups in total. The topological polar surface area (TPSA) is 118 Å². The number of ether oxygens (including phenoxy) is 2. The summed E-state index contributed by atoms with van der Waals surface area (Å²) in [5, 5.41) is 10.6. The van der Waals surface area contributed by atoms with E-state index in [4.69, 9.17) is 9.47 Å². The molecule has 0 saturated heterocycles. The molecule has 8 nitrogen and oxygen atoms in total. The van der Waals surface area contributed by atoms with Crippen LogP contribution in [0.25, 0.3) is 11.1 Å². The summed E-state index contributed by atoms with van der Waals surface area (Å²) in [5.41, 5.74) is -1.75. The Morgan fingerprint density at radius 1 is 1.17 bits per heavy atom. The molecular weight excluding hydrogens is 499 g/mol. The molecule has 2 aliphatic rings. The molecule has 0 spiro atoms. The standard InChI is InChI=1S/C24H24F3N3O5S/c1-34-19-11-16(10-17(19)22(31)30-23(13-28)7-8-23)36(32,33)20-5-3-14(9-18(20)24(25,26)27)15-4-6-21(35-2)29-12-15/h3-6,9,12,16-17,19H,7-8,10-11H2,1-2H3,(H,30,31)/t16-,17-,19-/m1/s1. The highest BCUT2D eigenvalue weighted by Crippen LogP contribution is 2.43. The maximum atomic E-state index is 14.0. The van der Waals surface area contributed by atoms with Crippen LogP contribution < -0.4 is 10.1 Å². The predicted molar refractivity (Wildman–Crippen MR) is 121 cm³/mol. The molecule has 2 aliphatic carbocycles. The van der Waals surface area contributed by atoms with Crippen molar-refractivity contribution >= 4 is 15.7 Å². The zero-order valence-electron chi connectivity index (χ0n) is 19.5. The second kappa shape index (κ2) is 9.37. The second-order valence-corrected chi connectivity index (χ2v) is 11.2. The Morgan fingerprint density at radius 2 is 1.86 bits per heavy atom. The number of sulfone groups is 1. The normalized spacial score (nSPS) is 23.1. The summed E-state index contributed by atoms with van der Waals surface area (Å²) >= 11 is 0. The maximum Gasteiger partial charge on any atom is 0.417 e. The molecule has 2 fully saturated rings. The van der Waals surface area contributed by atoms with Gasteiger partial charge in [0.05, 0.1) is 40.9 Å². The molecule has 1 amide bonds. The lowest BCUT2D eigenvalue weighted by Gasteiger charge is -2.19. The predicted octanol–water partition coefficient (Wildman–Crippen LogP) is 3.52. The second-order valence-electron chi connectivity index (χ2n) is 9.00. The van der Waals surface area contributed by atoms with Gasteiger partial charge in [-0.3, -0.25) is 4.79 Å². The van der Waals surface area contributed by atoms with Gasteiger partial charge in [-0.1, -0.05) is 6.07 Å². The van der Waals surface area contributed by atoms with Crippen LogP contribution in [0.4, 0.5) is 13.2 Å². The number of pyridine rings is 1. The Labute approximate surface area is 206 Å².